The zero-order valence-corrected chi connectivity index (χ0v) is 15.8. The minimum atomic E-state index is -0.376. The van der Waals surface area contributed by atoms with Crippen molar-refractivity contribution in [1.82, 2.24) is 15.8 Å². The molecule has 2 aromatic rings. The zero-order chi connectivity index (χ0) is 19.9. The van der Waals surface area contributed by atoms with Crippen molar-refractivity contribution in [3.8, 4) is 0 Å². The molecule has 3 N–H and O–H groups in total. The maximum Gasteiger partial charge on any atom is 0.321 e. The molecule has 0 saturated carbocycles. The molecule has 0 aliphatic carbocycles. The smallest absolute Gasteiger partial charge is 0.321 e. The standard InChI is InChI=1S/C21H24N4O3/c1-15-7-5-11-18(13-15)22-21(28)25-12-6-10-17(14-25)20(27)24-23-19(26)16-8-3-2-4-9-16/h2-5,7-9,11,13,17H,6,10,12,14H2,1H3,(H,22,28)(H,23,26)(H,24,27). The van der Waals surface area contributed by atoms with Crippen molar-refractivity contribution in [2.75, 3.05) is 18.4 Å². The number of anilines is 1. The normalized spacial score (nSPS) is 16.2. The molecule has 0 radical (unpaired) electrons. The number of amides is 4. The fourth-order valence-corrected chi connectivity index (χ4v) is 3.18. The summed E-state index contributed by atoms with van der Waals surface area (Å²) in [4.78, 5) is 38.6. The van der Waals surface area contributed by atoms with E-state index < -0.39 is 0 Å². The number of urea groups is 1. The van der Waals surface area contributed by atoms with E-state index in [1.165, 1.54) is 0 Å². The third kappa shape index (κ3) is 5.09. The van der Waals surface area contributed by atoms with E-state index in [2.05, 4.69) is 16.2 Å². The summed E-state index contributed by atoms with van der Waals surface area (Å²) in [6.07, 6.45) is 1.40. The lowest BCUT2D eigenvalue weighted by Gasteiger charge is -2.32. The Hall–Kier alpha value is -3.35. The number of carbonyl (C=O) groups is 3. The van der Waals surface area contributed by atoms with Crippen LogP contribution in [-0.2, 0) is 4.79 Å². The van der Waals surface area contributed by atoms with Crippen LogP contribution in [-0.4, -0.2) is 35.8 Å². The van der Waals surface area contributed by atoms with E-state index in [-0.39, 0.29) is 23.8 Å². The van der Waals surface area contributed by atoms with Gasteiger partial charge in [-0.3, -0.25) is 20.4 Å². The fourth-order valence-electron chi connectivity index (χ4n) is 3.18. The number of nitrogens with zero attached hydrogens (tertiary/aromatic N) is 1. The van der Waals surface area contributed by atoms with Gasteiger partial charge in [0.15, 0.2) is 0 Å². The van der Waals surface area contributed by atoms with Gasteiger partial charge in [-0.25, -0.2) is 4.79 Å². The summed E-state index contributed by atoms with van der Waals surface area (Å²) in [7, 11) is 0. The monoisotopic (exact) mass is 380 g/mol. The third-order valence-corrected chi connectivity index (χ3v) is 4.68. The van der Waals surface area contributed by atoms with Crippen molar-refractivity contribution in [2.45, 2.75) is 19.8 Å². The van der Waals surface area contributed by atoms with Crippen LogP contribution < -0.4 is 16.2 Å². The number of aryl methyl sites for hydroxylation is 1. The van der Waals surface area contributed by atoms with Crippen LogP contribution in [0.5, 0.6) is 0 Å². The van der Waals surface area contributed by atoms with Gasteiger partial charge in [0, 0.05) is 24.3 Å². The minimum absolute atomic E-state index is 0.226. The van der Waals surface area contributed by atoms with Crippen LogP contribution in [0.3, 0.4) is 0 Å². The number of carbonyl (C=O) groups excluding carboxylic acids is 3. The Morgan fingerprint density at radius 2 is 1.79 bits per heavy atom. The zero-order valence-electron chi connectivity index (χ0n) is 15.8. The number of benzene rings is 2. The molecule has 0 spiro atoms. The summed E-state index contributed by atoms with van der Waals surface area (Å²) >= 11 is 0. The number of hydrogen-bond donors (Lipinski definition) is 3. The Balaban J connectivity index is 1.51. The maximum absolute atomic E-state index is 12.5. The van der Waals surface area contributed by atoms with Crippen LogP contribution in [0.2, 0.25) is 0 Å². The second-order valence-corrected chi connectivity index (χ2v) is 6.89. The first-order valence-electron chi connectivity index (χ1n) is 9.31. The lowest BCUT2D eigenvalue weighted by molar-refractivity contribution is -0.127. The van der Waals surface area contributed by atoms with Crippen LogP contribution in [0.25, 0.3) is 0 Å². The lowest BCUT2D eigenvalue weighted by atomic mass is 9.97. The first kappa shape index (κ1) is 19.4. The number of rotatable bonds is 3. The first-order chi connectivity index (χ1) is 13.5. The van der Waals surface area contributed by atoms with Gasteiger partial charge in [-0.15, -0.1) is 0 Å². The van der Waals surface area contributed by atoms with Crippen molar-refractivity contribution in [3.05, 3.63) is 65.7 Å². The van der Waals surface area contributed by atoms with Crippen molar-refractivity contribution >= 4 is 23.5 Å². The molecule has 146 valence electrons. The molecule has 1 atom stereocenters. The van der Waals surface area contributed by atoms with Crippen LogP contribution in [0.1, 0.15) is 28.8 Å². The van der Waals surface area contributed by atoms with Crippen LogP contribution >= 0.6 is 0 Å². The molecule has 1 heterocycles. The molecule has 7 heteroatoms. The lowest BCUT2D eigenvalue weighted by Crippen LogP contribution is -2.50. The highest BCUT2D eigenvalue weighted by molar-refractivity contribution is 5.95. The highest BCUT2D eigenvalue weighted by atomic mass is 16.2. The summed E-state index contributed by atoms with van der Waals surface area (Å²) in [5, 5.41) is 2.87. The van der Waals surface area contributed by atoms with Crippen LogP contribution in [0.4, 0.5) is 10.5 Å². The molecule has 0 bridgehead atoms. The SMILES string of the molecule is Cc1cccc(NC(=O)N2CCCC(C(=O)NNC(=O)c3ccccc3)C2)c1. The van der Waals surface area contributed by atoms with E-state index in [0.717, 1.165) is 17.7 Å². The Kier molecular flexibility index (Phi) is 6.26. The molecule has 0 aromatic heterocycles. The number of nitrogens with one attached hydrogen (secondary N) is 3. The highest BCUT2D eigenvalue weighted by Gasteiger charge is 2.28. The molecule has 1 aliphatic rings. The van der Waals surface area contributed by atoms with Gasteiger partial charge in [-0.1, -0.05) is 30.3 Å². The first-order valence-corrected chi connectivity index (χ1v) is 9.31. The van der Waals surface area contributed by atoms with E-state index in [1.54, 1.807) is 29.2 Å². The molecule has 4 amide bonds. The molecular weight excluding hydrogens is 356 g/mol. The average molecular weight is 380 g/mol. The van der Waals surface area contributed by atoms with Crippen molar-refractivity contribution in [3.63, 3.8) is 0 Å². The molecule has 28 heavy (non-hydrogen) atoms. The van der Waals surface area contributed by atoms with Gasteiger partial charge >= 0.3 is 6.03 Å². The Labute approximate surface area is 164 Å². The number of hydrogen-bond acceptors (Lipinski definition) is 3. The van der Waals surface area contributed by atoms with Gasteiger partial charge in [-0.05, 0) is 49.6 Å². The second-order valence-electron chi connectivity index (χ2n) is 6.89. The summed E-state index contributed by atoms with van der Waals surface area (Å²) in [5.74, 6) is -1.04. The Morgan fingerprint density at radius 3 is 2.54 bits per heavy atom. The molecule has 1 unspecified atom stereocenters. The van der Waals surface area contributed by atoms with Crippen LogP contribution in [0.15, 0.2) is 54.6 Å². The van der Waals surface area contributed by atoms with Gasteiger partial charge in [0.05, 0.1) is 5.92 Å². The molecule has 3 rings (SSSR count). The maximum atomic E-state index is 12.5. The molecule has 1 aliphatic heterocycles. The minimum Gasteiger partial charge on any atom is -0.324 e. The third-order valence-electron chi connectivity index (χ3n) is 4.68. The van der Waals surface area contributed by atoms with Crippen molar-refractivity contribution in [1.29, 1.82) is 0 Å². The van der Waals surface area contributed by atoms with Gasteiger partial charge in [-0.2, -0.15) is 0 Å². The average Bonchev–Trinajstić information content (AvgIpc) is 2.72. The topological polar surface area (TPSA) is 90.5 Å². The van der Waals surface area contributed by atoms with E-state index >= 15 is 0 Å². The molecule has 1 saturated heterocycles. The molecule has 7 nitrogen and oxygen atoms in total. The fraction of sp³-hybridized carbons (Fsp3) is 0.286. The number of likely N-dealkylation sites (tertiary alicyclic amines) is 1. The van der Waals surface area contributed by atoms with E-state index in [1.807, 2.05) is 37.3 Å². The summed E-state index contributed by atoms with van der Waals surface area (Å²) in [5.41, 5.74) is 7.15. The predicted octanol–water partition coefficient (Wildman–Crippen LogP) is 2.70. The Bertz CT molecular complexity index is 854. The van der Waals surface area contributed by atoms with E-state index in [4.69, 9.17) is 0 Å². The number of hydrazine groups is 1. The van der Waals surface area contributed by atoms with E-state index in [0.29, 0.717) is 25.1 Å². The van der Waals surface area contributed by atoms with Crippen molar-refractivity contribution < 1.29 is 14.4 Å². The van der Waals surface area contributed by atoms with Gasteiger partial charge in [0.2, 0.25) is 5.91 Å². The molecule has 1 fully saturated rings. The quantitative estimate of drug-likeness (QED) is 0.715. The second kappa shape index (κ2) is 9.03. The van der Waals surface area contributed by atoms with Crippen molar-refractivity contribution in [2.24, 2.45) is 5.92 Å². The van der Waals surface area contributed by atoms with Gasteiger partial charge in [0.25, 0.3) is 5.91 Å². The summed E-state index contributed by atoms with van der Waals surface area (Å²) in [6.45, 7) is 2.86. The summed E-state index contributed by atoms with van der Waals surface area (Å²) < 4.78 is 0. The van der Waals surface area contributed by atoms with Crippen LogP contribution in [0, 0.1) is 12.8 Å². The molecular formula is C21H24N4O3. The van der Waals surface area contributed by atoms with Gasteiger partial charge < -0.3 is 10.2 Å². The van der Waals surface area contributed by atoms with Gasteiger partial charge in [0.1, 0.15) is 0 Å². The molecule has 2 aromatic carbocycles. The highest BCUT2D eigenvalue weighted by Crippen LogP contribution is 2.18. The summed E-state index contributed by atoms with van der Waals surface area (Å²) in [6, 6.07) is 16.0. The largest absolute Gasteiger partial charge is 0.324 e. The Morgan fingerprint density at radius 1 is 1.00 bits per heavy atom. The predicted molar refractivity (Wildman–Crippen MR) is 107 cm³/mol. The van der Waals surface area contributed by atoms with E-state index in [9.17, 15) is 14.4 Å². The number of piperidine rings is 1.